The van der Waals surface area contributed by atoms with Crippen molar-refractivity contribution in [2.75, 3.05) is 23.9 Å². The van der Waals surface area contributed by atoms with Crippen LogP contribution in [0.25, 0.3) is 5.57 Å². The average molecular weight is 412 g/mol. The van der Waals surface area contributed by atoms with Gasteiger partial charge in [-0.25, -0.2) is 4.90 Å². The third-order valence-corrected chi connectivity index (χ3v) is 5.31. The van der Waals surface area contributed by atoms with E-state index in [9.17, 15) is 9.59 Å². The van der Waals surface area contributed by atoms with Crippen molar-refractivity contribution in [1.82, 2.24) is 0 Å². The van der Waals surface area contributed by atoms with Gasteiger partial charge in [-0.1, -0.05) is 26.0 Å². The van der Waals surface area contributed by atoms with Crippen molar-refractivity contribution in [2.45, 2.75) is 27.2 Å². The molecule has 0 aromatic heterocycles. The Morgan fingerprint density at radius 2 is 1.45 bits per heavy atom. The quantitative estimate of drug-likeness (QED) is 0.549. The maximum absolute atomic E-state index is 13.2. The lowest BCUT2D eigenvalue weighted by molar-refractivity contribution is -0.119. The number of rotatable bonds is 9. The second-order valence-electron chi connectivity index (χ2n) is 6.38. The molecule has 29 heavy (non-hydrogen) atoms. The lowest BCUT2D eigenvalue weighted by atomic mass is 10.1. The topological polar surface area (TPSA) is 55.8 Å². The minimum Gasteiger partial charge on any atom is -0.494 e. The molecule has 0 N–H and O–H groups in total. The monoisotopic (exact) mass is 411 g/mol. The van der Waals surface area contributed by atoms with E-state index in [1.54, 1.807) is 24.3 Å². The molecule has 0 spiro atoms. The second-order valence-corrected chi connectivity index (χ2v) is 7.66. The van der Waals surface area contributed by atoms with Crippen molar-refractivity contribution in [3.05, 3.63) is 59.0 Å². The van der Waals surface area contributed by atoms with Crippen molar-refractivity contribution >= 4 is 34.8 Å². The van der Waals surface area contributed by atoms with Gasteiger partial charge in [0.1, 0.15) is 11.5 Å². The summed E-state index contributed by atoms with van der Waals surface area (Å²) in [6.07, 6.45) is 0.925. The highest BCUT2D eigenvalue weighted by Crippen LogP contribution is 2.39. The first-order valence-corrected chi connectivity index (χ1v) is 10.8. The summed E-state index contributed by atoms with van der Waals surface area (Å²) in [6.45, 7) is 7.12. The highest BCUT2D eigenvalue weighted by Gasteiger charge is 2.39. The summed E-state index contributed by atoms with van der Waals surface area (Å²) in [5.74, 6) is 1.56. The fourth-order valence-electron chi connectivity index (χ4n) is 3.07. The van der Waals surface area contributed by atoms with Gasteiger partial charge in [-0.2, -0.15) is 0 Å². The first-order valence-electron chi connectivity index (χ1n) is 9.82. The van der Waals surface area contributed by atoms with E-state index < -0.39 is 0 Å². The Kier molecular flexibility index (Phi) is 6.99. The lowest BCUT2D eigenvalue weighted by Crippen LogP contribution is -2.31. The number of hydrogen-bond donors (Lipinski definition) is 0. The van der Waals surface area contributed by atoms with Crippen molar-refractivity contribution < 1.29 is 19.1 Å². The Morgan fingerprint density at radius 3 is 2.03 bits per heavy atom. The van der Waals surface area contributed by atoms with E-state index in [4.69, 9.17) is 9.47 Å². The van der Waals surface area contributed by atoms with Crippen molar-refractivity contribution in [1.29, 1.82) is 0 Å². The minimum absolute atomic E-state index is 0.285. The van der Waals surface area contributed by atoms with Crippen LogP contribution in [-0.4, -0.2) is 30.8 Å². The summed E-state index contributed by atoms with van der Waals surface area (Å²) in [7, 11) is 0. The molecule has 1 aliphatic rings. The van der Waals surface area contributed by atoms with Crippen LogP contribution < -0.4 is 14.4 Å². The van der Waals surface area contributed by atoms with Crippen LogP contribution >= 0.6 is 11.8 Å². The van der Waals surface area contributed by atoms with E-state index >= 15 is 0 Å². The number of imide groups is 1. The Bertz CT molecular complexity index is 903. The molecule has 2 aromatic rings. The Labute approximate surface area is 175 Å². The normalized spacial score (nSPS) is 14.0. The van der Waals surface area contributed by atoms with E-state index in [0.29, 0.717) is 40.9 Å². The van der Waals surface area contributed by atoms with Crippen molar-refractivity contribution in [3.8, 4) is 11.5 Å². The first kappa shape index (κ1) is 21.0. The molecule has 0 atom stereocenters. The molecule has 6 heteroatoms. The van der Waals surface area contributed by atoms with Gasteiger partial charge in [0.15, 0.2) is 0 Å². The van der Waals surface area contributed by atoms with E-state index in [2.05, 4.69) is 0 Å². The van der Waals surface area contributed by atoms with E-state index in [1.807, 2.05) is 45.0 Å². The predicted octanol–water partition coefficient (Wildman–Crippen LogP) is 4.91. The van der Waals surface area contributed by atoms with E-state index in [1.165, 1.54) is 16.7 Å². The summed E-state index contributed by atoms with van der Waals surface area (Å²) in [4.78, 5) is 28.0. The summed E-state index contributed by atoms with van der Waals surface area (Å²) in [5.41, 5.74) is 1.70. The average Bonchev–Trinajstić information content (AvgIpc) is 2.98. The number of benzene rings is 2. The number of carbonyl (C=O) groups excluding carboxylic acids is 2. The van der Waals surface area contributed by atoms with Crippen LogP contribution in [0.3, 0.4) is 0 Å². The molecule has 5 nitrogen and oxygen atoms in total. The van der Waals surface area contributed by atoms with Gasteiger partial charge in [-0.15, -0.1) is 11.8 Å². The summed E-state index contributed by atoms with van der Waals surface area (Å²) in [5, 5.41) is 0. The molecule has 0 fully saturated rings. The maximum Gasteiger partial charge on any atom is 0.272 e. The number of anilines is 1. The molecule has 0 saturated carbocycles. The highest BCUT2D eigenvalue weighted by molar-refractivity contribution is 8.04. The van der Waals surface area contributed by atoms with Crippen LogP contribution in [0, 0.1) is 0 Å². The summed E-state index contributed by atoms with van der Waals surface area (Å²) >= 11 is 1.39. The predicted molar refractivity (Wildman–Crippen MR) is 117 cm³/mol. The van der Waals surface area contributed by atoms with E-state index in [-0.39, 0.29) is 11.8 Å². The number of carbonyl (C=O) groups is 2. The third-order valence-electron chi connectivity index (χ3n) is 4.35. The minimum atomic E-state index is -0.308. The van der Waals surface area contributed by atoms with Crippen LogP contribution in [-0.2, 0) is 9.59 Å². The molecule has 0 bridgehead atoms. The molecule has 2 amide bonds. The van der Waals surface area contributed by atoms with Gasteiger partial charge in [-0.05, 0) is 61.1 Å². The number of amides is 2. The number of thioether (sulfide) groups is 1. The third kappa shape index (κ3) is 4.48. The Hall–Kier alpha value is -2.73. The number of hydrogen-bond acceptors (Lipinski definition) is 5. The van der Waals surface area contributed by atoms with Gasteiger partial charge in [0, 0.05) is 0 Å². The molecule has 1 heterocycles. The van der Waals surface area contributed by atoms with Gasteiger partial charge in [0.25, 0.3) is 11.8 Å². The largest absolute Gasteiger partial charge is 0.494 e. The fraction of sp³-hybridized carbons (Fsp3) is 0.304. The van der Waals surface area contributed by atoms with E-state index in [0.717, 1.165) is 17.7 Å². The SMILES string of the molecule is CCCOc1ccc(C2=C(SCC)C(=O)N(c3ccc(OCC)cc3)C2=O)cc1. The molecule has 152 valence electrons. The zero-order chi connectivity index (χ0) is 20.8. The summed E-state index contributed by atoms with van der Waals surface area (Å²) in [6, 6.07) is 14.4. The molecule has 0 radical (unpaired) electrons. The second kappa shape index (κ2) is 9.65. The van der Waals surface area contributed by atoms with Gasteiger partial charge < -0.3 is 9.47 Å². The van der Waals surface area contributed by atoms with Crippen LogP contribution in [0.4, 0.5) is 5.69 Å². The smallest absolute Gasteiger partial charge is 0.272 e. The van der Waals surface area contributed by atoms with Gasteiger partial charge in [0.05, 0.1) is 29.4 Å². The number of nitrogens with zero attached hydrogens (tertiary/aromatic N) is 1. The zero-order valence-electron chi connectivity index (χ0n) is 16.9. The molecular weight excluding hydrogens is 386 g/mol. The fourth-order valence-corrected chi connectivity index (χ4v) is 3.93. The van der Waals surface area contributed by atoms with Gasteiger partial charge in [0.2, 0.25) is 0 Å². The Balaban J connectivity index is 1.92. The highest BCUT2D eigenvalue weighted by atomic mass is 32.2. The van der Waals surface area contributed by atoms with Crippen LogP contribution in [0.1, 0.15) is 32.8 Å². The lowest BCUT2D eigenvalue weighted by Gasteiger charge is -2.16. The van der Waals surface area contributed by atoms with Crippen molar-refractivity contribution in [2.24, 2.45) is 0 Å². The molecule has 0 saturated heterocycles. The molecule has 0 unspecified atom stereocenters. The van der Waals surface area contributed by atoms with Crippen LogP contribution in [0.5, 0.6) is 11.5 Å². The first-order chi connectivity index (χ1) is 14.1. The molecule has 0 aliphatic carbocycles. The molecule has 2 aromatic carbocycles. The maximum atomic E-state index is 13.2. The zero-order valence-corrected chi connectivity index (χ0v) is 17.8. The number of ether oxygens (including phenoxy) is 2. The van der Waals surface area contributed by atoms with Gasteiger partial charge in [-0.3, -0.25) is 9.59 Å². The Morgan fingerprint density at radius 1 is 0.828 bits per heavy atom. The molecular formula is C23H25NO4S. The van der Waals surface area contributed by atoms with Crippen molar-refractivity contribution in [3.63, 3.8) is 0 Å². The van der Waals surface area contributed by atoms with Gasteiger partial charge >= 0.3 is 0 Å². The standard InChI is InChI=1S/C23H25NO4S/c1-4-15-28-19-11-7-16(8-12-19)20-21(29-6-3)23(26)24(22(20)25)17-9-13-18(14-10-17)27-5-2/h7-14H,4-6,15H2,1-3H3. The summed E-state index contributed by atoms with van der Waals surface area (Å²) < 4.78 is 11.1. The molecule has 1 aliphatic heterocycles. The molecule has 3 rings (SSSR count). The van der Waals surface area contributed by atoms with Crippen LogP contribution in [0.15, 0.2) is 53.4 Å². The van der Waals surface area contributed by atoms with Crippen LogP contribution in [0.2, 0.25) is 0 Å².